The highest BCUT2D eigenvalue weighted by Gasteiger charge is 2.29. The first-order valence-corrected chi connectivity index (χ1v) is 14.4. The molecule has 0 aliphatic rings. The lowest BCUT2D eigenvalue weighted by molar-refractivity contribution is 0.172. The number of hydrogen-bond donors (Lipinski definition) is 2. The van der Waals surface area contributed by atoms with Crippen molar-refractivity contribution in [2.24, 2.45) is 0 Å². The van der Waals surface area contributed by atoms with E-state index >= 15 is 0 Å². The van der Waals surface area contributed by atoms with Gasteiger partial charge < -0.3 is 29.2 Å². The molecule has 0 amide bonds. The number of rotatable bonds is 11. The van der Waals surface area contributed by atoms with E-state index in [0.29, 0.717) is 23.0 Å². The van der Waals surface area contributed by atoms with E-state index in [9.17, 15) is 10.2 Å². The second-order valence-corrected chi connectivity index (χ2v) is 14.5. The minimum Gasteiger partial charge on any atom is -0.487 e. The lowest BCUT2D eigenvalue weighted by Gasteiger charge is -2.30. The average Bonchev–Trinajstić information content (AvgIpc) is 2.81. The van der Waals surface area contributed by atoms with Crippen molar-refractivity contribution in [2.75, 3.05) is 39.6 Å². The SMILES string of the molecule is CC(C)(C)c1cc(OCCO)c(OCCOc2c(OCCO)cc(C(C)(C)C)cc2C(C)(C)C)c(C(C)(C)C)c1. The summed E-state index contributed by atoms with van der Waals surface area (Å²) < 4.78 is 24.8. The summed E-state index contributed by atoms with van der Waals surface area (Å²) in [5.41, 5.74) is 3.85. The largest absolute Gasteiger partial charge is 0.487 e. The zero-order valence-corrected chi connectivity index (χ0v) is 27.1. The Labute approximate surface area is 243 Å². The van der Waals surface area contributed by atoms with Crippen LogP contribution in [-0.2, 0) is 21.7 Å². The van der Waals surface area contributed by atoms with E-state index in [1.165, 1.54) is 0 Å². The molecule has 2 rings (SSSR count). The summed E-state index contributed by atoms with van der Waals surface area (Å²) in [4.78, 5) is 0. The third-order valence-corrected chi connectivity index (χ3v) is 6.73. The van der Waals surface area contributed by atoms with Gasteiger partial charge in [0.25, 0.3) is 0 Å². The molecule has 0 radical (unpaired) electrons. The maximum atomic E-state index is 9.45. The van der Waals surface area contributed by atoms with Crippen LogP contribution in [0.2, 0.25) is 0 Å². The van der Waals surface area contributed by atoms with Crippen LogP contribution >= 0.6 is 0 Å². The predicted molar refractivity (Wildman–Crippen MR) is 164 cm³/mol. The van der Waals surface area contributed by atoms with E-state index in [2.05, 4.69) is 95.2 Å². The van der Waals surface area contributed by atoms with Crippen molar-refractivity contribution >= 4 is 0 Å². The van der Waals surface area contributed by atoms with Gasteiger partial charge in [0.2, 0.25) is 0 Å². The van der Waals surface area contributed by atoms with Gasteiger partial charge in [0, 0.05) is 11.1 Å². The first kappa shape index (κ1) is 33.8. The Kier molecular flexibility index (Phi) is 11.0. The maximum Gasteiger partial charge on any atom is 0.165 e. The zero-order chi connectivity index (χ0) is 30.5. The van der Waals surface area contributed by atoms with Crippen molar-refractivity contribution in [2.45, 2.75) is 105 Å². The molecule has 226 valence electrons. The highest BCUT2D eigenvalue weighted by molar-refractivity contribution is 5.55. The summed E-state index contributed by atoms with van der Waals surface area (Å²) >= 11 is 0. The second kappa shape index (κ2) is 13.0. The highest BCUT2D eigenvalue weighted by atomic mass is 16.6. The van der Waals surface area contributed by atoms with E-state index in [1.54, 1.807) is 0 Å². The summed E-state index contributed by atoms with van der Waals surface area (Å²) in [6.07, 6.45) is 0. The molecule has 40 heavy (non-hydrogen) atoms. The summed E-state index contributed by atoms with van der Waals surface area (Å²) in [7, 11) is 0. The fraction of sp³-hybridized carbons (Fsp3) is 0.647. The molecule has 0 saturated heterocycles. The number of ether oxygens (including phenoxy) is 4. The van der Waals surface area contributed by atoms with E-state index in [0.717, 1.165) is 22.3 Å². The van der Waals surface area contributed by atoms with E-state index in [-0.39, 0.29) is 61.3 Å². The van der Waals surface area contributed by atoms with Gasteiger partial charge in [-0.3, -0.25) is 0 Å². The molecule has 0 unspecified atom stereocenters. The molecule has 0 aliphatic heterocycles. The summed E-state index contributed by atoms with van der Waals surface area (Å²) in [5.74, 6) is 2.61. The predicted octanol–water partition coefficient (Wildman–Crippen LogP) is 7.08. The first-order valence-electron chi connectivity index (χ1n) is 14.4. The van der Waals surface area contributed by atoms with Crippen LogP contribution in [0.3, 0.4) is 0 Å². The fourth-order valence-corrected chi connectivity index (χ4v) is 4.30. The number of benzene rings is 2. The van der Waals surface area contributed by atoms with Crippen LogP contribution in [0.1, 0.15) is 105 Å². The molecule has 6 heteroatoms. The van der Waals surface area contributed by atoms with Crippen LogP contribution in [-0.4, -0.2) is 49.9 Å². The molecule has 2 N–H and O–H groups in total. The minimum atomic E-state index is -0.192. The zero-order valence-electron chi connectivity index (χ0n) is 27.1. The summed E-state index contributed by atoms with van der Waals surface area (Å²) in [6.45, 7) is 26.8. The van der Waals surface area contributed by atoms with Crippen molar-refractivity contribution in [3.05, 3.63) is 46.5 Å². The monoisotopic (exact) mass is 558 g/mol. The molecule has 6 nitrogen and oxygen atoms in total. The summed E-state index contributed by atoms with van der Waals surface area (Å²) in [5, 5.41) is 18.9. The Hall–Kier alpha value is -2.44. The van der Waals surface area contributed by atoms with E-state index in [4.69, 9.17) is 18.9 Å². The van der Waals surface area contributed by atoms with Crippen LogP contribution in [0, 0.1) is 0 Å². The smallest absolute Gasteiger partial charge is 0.165 e. The van der Waals surface area contributed by atoms with Gasteiger partial charge in [0.15, 0.2) is 23.0 Å². The molecule has 0 aliphatic carbocycles. The lowest BCUT2D eigenvalue weighted by atomic mass is 9.80. The Morgan fingerprint density at radius 3 is 1.02 bits per heavy atom. The first-order chi connectivity index (χ1) is 18.3. The Balaban J connectivity index is 2.45. The molecule has 0 aromatic heterocycles. The third kappa shape index (κ3) is 9.04. The van der Waals surface area contributed by atoms with Gasteiger partial charge in [-0.25, -0.2) is 0 Å². The molecule has 0 atom stereocenters. The van der Waals surface area contributed by atoms with Gasteiger partial charge in [-0.05, 0) is 44.9 Å². The lowest BCUT2D eigenvalue weighted by Crippen LogP contribution is -2.22. The van der Waals surface area contributed by atoms with Crippen LogP contribution < -0.4 is 18.9 Å². The maximum absolute atomic E-state index is 9.45. The molecule has 2 aromatic rings. The molecule has 0 spiro atoms. The van der Waals surface area contributed by atoms with Gasteiger partial charge in [-0.15, -0.1) is 0 Å². The molecule has 0 saturated carbocycles. The molecular weight excluding hydrogens is 504 g/mol. The normalized spacial score (nSPS) is 12.8. The third-order valence-electron chi connectivity index (χ3n) is 6.73. The van der Waals surface area contributed by atoms with Gasteiger partial charge in [-0.1, -0.05) is 95.2 Å². The topological polar surface area (TPSA) is 77.4 Å². The minimum absolute atomic E-state index is 0.0769. The second-order valence-electron chi connectivity index (χ2n) is 14.5. The Morgan fingerprint density at radius 1 is 0.450 bits per heavy atom. The Bertz CT molecular complexity index is 1020. The van der Waals surface area contributed by atoms with E-state index in [1.807, 2.05) is 12.1 Å². The van der Waals surface area contributed by atoms with Crippen LogP contribution in [0.15, 0.2) is 24.3 Å². The number of aliphatic hydroxyl groups is 2. The quantitative estimate of drug-likeness (QED) is 0.287. The van der Waals surface area contributed by atoms with Crippen molar-refractivity contribution in [1.29, 1.82) is 0 Å². The van der Waals surface area contributed by atoms with Crippen molar-refractivity contribution < 1.29 is 29.2 Å². The van der Waals surface area contributed by atoms with Crippen LogP contribution in [0.5, 0.6) is 23.0 Å². The van der Waals surface area contributed by atoms with Crippen LogP contribution in [0.25, 0.3) is 0 Å². The summed E-state index contributed by atoms with van der Waals surface area (Å²) in [6, 6.07) is 8.44. The Morgan fingerprint density at radius 2 is 0.775 bits per heavy atom. The van der Waals surface area contributed by atoms with Gasteiger partial charge >= 0.3 is 0 Å². The average molecular weight is 559 g/mol. The molecule has 0 bridgehead atoms. The standard InChI is InChI=1S/C34H54O6/c1-31(2,3)23-19-25(33(7,8)9)29(27(21-23)37-15-13-35)39-17-18-40-30-26(34(10,11)12)20-24(32(4,5)6)22-28(30)38-16-14-36/h19-22,35-36H,13-18H2,1-12H3. The van der Waals surface area contributed by atoms with Gasteiger partial charge in [-0.2, -0.15) is 0 Å². The van der Waals surface area contributed by atoms with Crippen molar-refractivity contribution in [3.8, 4) is 23.0 Å². The highest BCUT2D eigenvalue weighted by Crippen LogP contribution is 2.44. The van der Waals surface area contributed by atoms with Gasteiger partial charge in [0.1, 0.15) is 26.4 Å². The van der Waals surface area contributed by atoms with Crippen LogP contribution in [0.4, 0.5) is 0 Å². The molecular formula is C34H54O6. The van der Waals surface area contributed by atoms with Crippen molar-refractivity contribution in [3.63, 3.8) is 0 Å². The number of aliphatic hydroxyl groups excluding tert-OH is 2. The molecule has 2 aromatic carbocycles. The molecule has 0 heterocycles. The number of hydrogen-bond acceptors (Lipinski definition) is 6. The fourth-order valence-electron chi connectivity index (χ4n) is 4.30. The van der Waals surface area contributed by atoms with Gasteiger partial charge in [0.05, 0.1) is 13.2 Å². The van der Waals surface area contributed by atoms with Crippen molar-refractivity contribution in [1.82, 2.24) is 0 Å². The van der Waals surface area contributed by atoms with E-state index < -0.39 is 0 Å². The molecule has 0 fully saturated rings.